The number of anilines is 1. The molecule has 1 aromatic heterocycles. The van der Waals surface area contributed by atoms with Gasteiger partial charge in [-0.15, -0.1) is 0 Å². The molecule has 1 atom stereocenters. The fraction of sp³-hybridized carbons (Fsp3) is 0.529. The SMILES string of the molecule is COC(=O)C1(C)C=CN(CC2CCN(c3ccncc3)CC2)N1. The Labute approximate surface area is 137 Å². The zero-order chi connectivity index (χ0) is 16.3. The lowest BCUT2D eigenvalue weighted by Crippen LogP contribution is -2.52. The van der Waals surface area contributed by atoms with E-state index in [0.29, 0.717) is 5.92 Å². The maximum atomic E-state index is 11.8. The predicted molar refractivity (Wildman–Crippen MR) is 88.6 cm³/mol. The standard InChI is InChI=1S/C17H24N4O2/c1-17(16(22)23-2)7-12-21(19-17)13-14-5-10-20(11-6-14)15-3-8-18-9-4-15/h3-4,7-9,12,14,19H,5-6,10-11,13H2,1-2H3. The maximum Gasteiger partial charge on any atom is 0.331 e. The molecule has 1 N–H and O–H groups in total. The summed E-state index contributed by atoms with van der Waals surface area (Å²) in [6.45, 7) is 4.86. The van der Waals surface area contributed by atoms with Crippen LogP contribution in [0.15, 0.2) is 36.8 Å². The number of ether oxygens (including phenoxy) is 1. The zero-order valence-corrected chi connectivity index (χ0v) is 13.7. The maximum absolute atomic E-state index is 11.8. The fourth-order valence-electron chi connectivity index (χ4n) is 3.25. The average Bonchev–Trinajstić information content (AvgIpc) is 2.98. The van der Waals surface area contributed by atoms with Gasteiger partial charge < -0.3 is 14.6 Å². The molecule has 0 radical (unpaired) electrons. The molecular weight excluding hydrogens is 292 g/mol. The van der Waals surface area contributed by atoms with E-state index in [0.717, 1.165) is 32.5 Å². The van der Waals surface area contributed by atoms with Gasteiger partial charge in [-0.05, 0) is 43.9 Å². The molecular formula is C17H24N4O2. The predicted octanol–water partition coefficient (Wildman–Crippen LogP) is 1.56. The number of pyridine rings is 1. The van der Waals surface area contributed by atoms with Crippen molar-refractivity contribution in [2.24, 2.45) is 5.92 Å². The molecule has 23 heavy (non-hydrogen) atoms. The number of hydrogen-bond acceptors (Lipinski definition) is 6. The number of piperidine rings is 1. The highest BCUT2D eigenvalue weighted by atomic mass is 16.5. The highest BCUT2D eigenvalue weighted by Crippen LogP contribution is 2.25. The second-order valence-electron chi connectivity index (χ2n) is 6.41. The lowest BCUT2D eigenvalue weighted by Gasteiger charge is -2.35. The summed E-state index contributed by atoms with van der Waals surface area (Å²) in [5.41, 5.74) is 3.74. The van der Waals surface area contributed by atoms with Gasteiger partial charge in [-0.1, -0.05) is 0 Å². The number of carbonyl (C=O) groups excluding carboxylic acids is 1. The van der Waals surface area contributed by atoms with Crippen LogP contribution in [0.5, 0.6) is 0 Å². The summed E-state index contributed by atoms with van der Waals surface area (Å²) in [5, 5.41) is 2.02. The average molecular weight is 316 g/mol. The van der Waals surface area contributed by atoms with E-state index in [-0.39, 0.29) is 5.97 Å². The Morgan fingerprint density at radius 2 is 2.09 bits per heavy atom. The molecule has 1 fully saturated rings. The van der Waals surface area contributed by atoms with Crippen molar-refractivity contribution in [2.75, 3.05) is 31.6 Å². The molecule has 3 rings (SSSR count). The molecule has 3 heterocycles. The summed E-state index contributed by atoms with van der Waals surface area (Å²) in [4.78, 5) is 18.3. The van der Waals surface area contributed by atoms with Crippen LogP contribution < -0.4 is 10.3 Å². The first kappa shape index (κ1) is 15.8. The summed E-state index contributed by atoms with van der Waals surface area (Å²) < 4.78 is 4.85. The van der Waals surface area contributed by atoms with Crippen molar-refractivity contribution in [2.45, 2.75) is 25.3 Å². The first-order valence-electron chi connectivity index (χ1n) is 8.08. The molecule has 0 aromatic carbocycles. The van der Waals surface area contributed by atoms with Gasteiger partial charge in [0.05, 0.1) is 7.11 Å². The molecule has 0 spiro atoms. The molecule has 2 aliphatic heterocycles. The number of rotatable bonds is 4. The van der Waals surface area contributed by atoms with Gasteiger partial charge >= 0.3 is 5.97 Å². The molecule has 0 amide bonds. The second-order valence-corrected chi connectivity index (χ2v) is 6.41. The largest absolute Gasteiger partial charge is 0.467 e. The fourth-order valence-corrected chi connectivity index (χ4v) is 3.25. The van der Waals surface area contributed by atoms with Gasteiger partial charge in [-0.2, -0.15) is 0 Å². The van der Waals surface area contributed by atoms with Crippen LogP contribution in [0.1, 0.15) is 19.8 Å². The quantitative estimate of drug-likeness (QED) is 0.851. The van der Waals surface area contributed by atoms with Crippen molar-refractivity contribution >= 4 is 11.7 Å². The molecule has 0 aliphatic carbocycles. The number of nitrogens with one attached hydrogen (secondary N) is 1. The first-order valence-corrected chi connectivity index (χ1v) is 8.08. The van der Waals surface area contributed by atoms with Crippen molar-refractivity contribution < 1.29 is 9.53 Å². The van der Waals surface area contributed by atoms with Gasteiger partial charge in [-0.25, -0.2) is 10.2 Å². The third-order valence-electron chi connectivity index (χ3n) is 4.67. The molecule has 1 unspecified atom stereocenters. The summed E-state index contributed by atoms with van der Waals surface area (Å²) in [6, 6.07) is 4.12. The van der Waals surface area contributed by atoms with E-state index < -0.39 is 5.54 Å². The van der Waals surface area contributed by atoms with Crippen molar-refractivity contribution in [3.63, 3.8) is 0 Å². The number of hydrogen-bond donors (Lipinski definition) is 1. The van der Waals surface area contributed by atoms with E-state index in [1.807, 2.05) is 36.6 Å². The third kappa shape index (κ3) is 3.47. The minimum Gasteiger partial charge on any atom is -0.467 e. The minimum absolute atomic E-state index is 0.260. The van der Waals surface area contributed by atoms with Crippen molar-refractivity contribution in [3.8, 4) is 0 Å². The van der Waals surface area contributed by atoms with Crippen molar-refractivity contribution in [1.82, 2.24) is 15.4 Å². The zero-order valence-electron chi connectivity index (χ0n) is 13.7. The Bertz CT molecular complexity index is 569. The lowest BCUT2D eigenvalue weighted by atomic mass is 9.96. The Morgan fingerprint density at radius 3 is 2.74 bits per heavy atom. The highest BCUT2D eigenvalue weighted by molar-refractivity contribution is 5.83. The normalized spacial score (nSPS) is 25.0. The van der Waals surface area contributed by atoms with Gasteiger partial charge in [0.2, 0.25) is 0 Å². The van der Waals surface area contributed by atoms with Gasteiger partial charge in [0.1, 0.15) is 0 Å². The van der Waals surface area contributed by atoms with Crippen LogP contribution in [-0.4, -0.2) is 48.2 Å². The molecule has 0 bridgehead atoms. The Balaban J connectivity index is 1.49. The summed E-state index contributed by atoms with van der Waals surface area (Å²) in [7, 11) is 1.42. The number of hydrazine groups is 1. The summed E-state index contributed by atoms with van der Waals surface area (Å²) >= 11 is 0. The lowest BCUT2D eigenvalue weighted by molar-refractivity contribution is -0.146. The topological polar surface area (TPSA) is 57.7 Å². The smallest absolute Gasteiger partial charge is 0.331 e. The molecule has 1 saturated heterocycles. The number of methoxy groups -OCH3 is 1. The molecule has 6 nitrogen and oxygen atoms in total. The van der Waals surface area contributed by atoms with Crippen molar-refractivity contribution in [1.29, 1.82) is 0 Å². The van der Waals surface area contributed by atoms with Crippen LogP contribution in [0, 0.1) is 5.92 Å². The van der Waals surface area contributed by atoms with E-state index in [1.54, 1.807) is 0 Å². The molecule has 2 aliphatic rings. The molecule has 1 aromatic rings. The molecule has 0 saturated carbocycles. The third-order valence-corrected chi connectivity index (χ3v) is 4.67. The number of aromatic nitrogens is 1. The first-order chi connectivity index (χ1) is 11.1. The Kier molecular flexibility index (Phi) is 4.52. The highest BCUT2D eigenvalue weighted by Gasteiger charge is 2.37. The van der Waals surface area contributed by atoms with Crippen LogP contribution in [0.4, 0.5) is 5.69 Å². The monoisotopic (exact) mass is 316 g/mol. The minimum atomic E-state index is -0.744. The van der Waals surface area contributed by atoms with Crippen LogP contribution >= 0.6 is 0 Å². The van der Waals surface area contributed by atoms with Gasteiger partial charge in [-0.3, -0.25) is 4.98 Å². The van der Waals surface area contributed by atoms with Gasteiger partial charge in [0.15, 0.2) is 5.54 Å². The van der Waals surface area contributed by atoms with Crippen molar-refractivity contribution in [3.05, 3.63) is 36.8 Å². The number of nitrogens with zero attached hydrogens (tertiary/aromatic N) is 3. The Hall–Kier alpha value is -2.08. The number of carbonyl (C=O) groups is 1. The molecule has 6 heteroatoms. The summed E-state index contributed by atoms with van der Waals surface area (Å²) in [5.74, 6) is 0.356. The van der Waals surface area contributed by atoms with Crippen LogP contribution in [0.2, 0.25) is 0 Å². The van der Waals surface area contributed by atoms with E-state index in [4.69, 9.17) is 4.74 Å². The number of esters is 1. The van der Waals surface area contributed by atoms with Gasteiger partial charge in [0, 0.05) is 43.9 Å². The Morgan fingerprint density at radius 1 is 1.39 bits per heavy atom. The van der Waals surface area contributed by atoms with Crippen LogP contribution in [-0.2, 0) is 9.53 Å². The van der Waals surface area contributed by atoms with E-state index in [1.165, 1.54) is 12.8 Å². The van der Waals surface area contributed by atoms with E-state index in [9.17, 15) is 4.79 Å². The van der Waals surface area contributed by atoms with E-state index in [2.05, 4.69) is 27.4 Å². The van der Waals surface area contributed by atoms with E-state index >= 15 is 0 Å². The van der Waals surface area contributed by atoms with Crippen LogP contribution in [0.25, 0.3) is 0 Å². The molecule has 124 valence electrons. The second kappa shape index (κ2) is 6.58. The summed E-state index contributed by atoms with van der Waals surface area (Å²) in [6.07, 6.45) is 9.78. The van der Waals surface area contributed by atoms with Gasteiger partial charge in [0.25, 0.3) is 0 Å². The van der Waals surface area contributed by atoms with Crippen LogP contribution in [0.3, 0.4) is 0 Å².